The van der Waals surface area contributed by atoms with Gasteiger partial charge in [-0.3, -0.25) is 0 Å². The molecule has 1 aromatic rings. The Kier molecular flexibility index (Phi) is 2.94. The fraction of sp³-hybridized carbons (Fsp3) is 0. The predicted molar refractivity (Wildman–Crippen MR) is 43.6 cm³/mol. The standard InChI is InChI=1S/C9H6FNO/c10-9-3-1-2-8(6-9)4-5-11-7-12/h1-6H. The molecule has 3 heteroatoms. The van der Waals surface area contributed by atoms with Gasteiger partial charge in [0.25, 0.3) is 0 Å². The van der Waals surface area contributed by atoms with Crippen molar-refractivity contribution < 1.29 is 9.18 Å². The highest BCUT2D eigenvalue weighted by molar-refractivity contribution is 5.50. The molecule has 0 fully saturated rings. The van der Waals surface area contributed by atoms with Crippen molar-refractivity contribution in [3.63, 3.8) is 0 Å². The van der Waals surface area contributed by atoms with Gasteiger partial charge in [0.05, 0.1) is 0 Å². The molecule has 60 valence electrons. The molecule has 0 aliphatic carbocycles. The van der Waals surface area contributed by atoms with Gasteiger partial charge in [0.2, 0.25) is 6.08 Å². The fourth-order valence-electron chi connectivity index (χ4n) is 0.764. The van der Waals surface area contributed by atoms with Crippen LogP contribution in [0.25, 0.3) is 6.08 Å². The van der Waals surface area contributed by atoms with E-state index in [-0.39, 0.29) is 5.82 Å². The third-order valence-corrected chi connectivity index (χ3v) is 1.24. The van der Waals surface area contributed by atoms with Crippen molar-refractivity contribution in [3.8, 4) is 0 Å². The zero-order valence-corrected chi connectivity index (χ0v) is 6.20. The summed E-state index contributed by atoms with van der Waals surface area (Å²) in [4.78, 5) is 12.8. The average Bonchev–Trinajstić information content (AvgIpc) is 2.05. The number of benzene rings is 1. The van der Waals surface area contributed by atoms with Crippen LogP contribution < -0.4 is 0 Å². The molecule has 12 heavy (non-hydrogen) atoms. The Morgan fingerprint density at radius 3 is 3.00 bits per heavy atom. The lowest BCUT2D eigenvalue weighted by molar-refractivity contribution is 0.565. The molecule has 0 saturated carbocycles. The number of nitrogens with zero attached hydrogens (tertiary/aromatic N) is 1. The van der Waals surface area contributed by atoms with Gasteiger partial charge in [0.15, 0.2) is 0 Å². The second kappa shape index (κ2) is 4.21. The number of hydrogen-bond donors (Lipinski definition) is 0. The largest absolute Gasteiger partial charge is 0.239 e. The third kappa shape index (κ3) is 2.48. The van der Waals surface area contributed by atoms with Crippen LogP contribution in [-0.2, 0) is 4.79 Å². The third-order valence-electron chi connectivity index (χ3n) is 1.24. The summed E-state index contributed by atoms with van der Waals surface area (Å²) in [7, 11) is 0. The Labute approximate surface area is 69.1 Å². The lowest BCUT2D eigenvalue weighted by Crippen LogP contribution is -1.74. The van der Waals surface area contributed by atoms with Crippen LogP contribution in [-0.4, -0.2) is 6.08 Å². The predicted octanol–water partition coefficient (Wildman–Crippen LogP) is 2.13. The van der Waals surface area contributed by atoms with Gasteiger partial charge >= 0.3 is 0 Å². The number of aliphatic imine (C=N–C) groups is 1. The zero-order valence-electron chi connectivity index (χ0n) is 6.20. The van der Waals surface area contributed by atoms with Crippen LogP contribution in [0.2, 0.25) is 0 Å². The first kappa shape index (κ1) is 8.37. The van der Waals surface area contributed by atoms with E-state index in [0.29, 0.717) is 5.56 Å². The summed E-state index contributed by atoms with van der Waals surface area (Å²) in [5.74, 6) is -0.313. The topological polar surface area (TPSA) is 29.4 Å². The summed E-state index contributed by atoms with van der Waals surface area (Å²) >= 11 is 0. The van der Waals surface area contributed by atoms with E-state index < -0.39 is 0 Å². The summed E-state index contributed by atoms with van der Waals surface area (Å²) in [6, 6.07) is 5.98. The maximum atomic E-state index is 12.5. The van der Waals surface area contributed by atoms with E-state index in [1.54, 1.807) is 12.1 Å². The van der Waals surface area contributed by atoms with E-state index in [2.05, 4.69) is 4.99 Å². The normalized spacial score (nSPS) is 9.75. The van der Waals surface area contributed by atoms with Crippen molar-refractivity contribution in [1.82, 2.24) is 0 Å². The Balaban J connectivity index is 2.82. The highest BCUT2D eigenvalue weighted by Crippen LogP contribution is 2.04. The van der Waals surface area contributed by atoms with Crippen molar-refractivity contribution >= 4 is 12.2 Å². The maximum absolute atomic E-state index is 12.5. The van der Waals surface area contributed by atoms with Crippen molar-refractivity contribution in [2.45, 2.75) is 0 Å². The number of carbonyl (C=O) groups excluding carboxylic acids is 1. The molecule has 2 nitrogen and oxygen atoms in total. The van der Waals surface area contributed by atoms with Crippen LogP contribution in [0.15, 0.2) is 35.5 Å². The highest BCUT2D eigenvalue weighted by atomic mass is 19.1. The summed E-state index contributed by atoms with van der Waals surface area (Å²) in [6.07, 6.45) is 4.13. The Morgan fingerprint density at radius 1 is 1.50 bits per heavy atom. The minimum atomic E-state index is -0.313. The van der Waals surface area contributed by atoms with Gasteiger partial charge in [-0.15, -0.1) is 0 Å². The van der Waals surface area contributed by atoms with Crippen LogP contribution in [0.1, 0.15) is 5.56 Å². The molecule has 0 atom stereocenters. The highest BCUT2D eigenvalue weighted by Gasteiger charge is 1.88. The van der Waals surface area contributed by atoms with E-state index >= 15 is 0 Å². The van der Waals surface area contributed by atoms with Crippen LogP contribution in [0.3, 0.4) is 0 Å². The van der Waals surface area contributed by atoms with E-state index in [0.717, 1.165) is 0 Å². The lowest BCUT2D eigenvalue weighted by atomic mass is 10.2. The van der Waals surface area contributed by atoms with Crippen LogP contribution >= 0.6 is 0 Å². The fourth-order valence-corrected chi connectivity index (χ4v) is 0.764. The lowest BCUT2D eigenvalue weighted by Gasteiger charge is -1.90. The molecule has 1 rings (SSSR count). The van der Waals surface area contributed by atoms with Crippen LogP contribution in [0.5, 0.6) is 0 Å². The minimum Gasteiger partial charge on any atom is -0.211 e. The molecule has 0 heterocycles. The molecule has 0 aliphatic heterocycles. The van der Waals surface area contributed by atoms with Crippen molar-refractivity contribution in [2.24, 2.45) is 4.99 Å². The first-order valence-electron chi connectivity index (χ1n) is 3.32. The molecule has 0 radical (unpaired) electrons. The van der Waals surface area contributed by atoms with E-state index in [1.807, 2.05) is 0 Å². The maximum Gasteiger partial charge on any atom is 0.239 e. The Bertz CT molecular complexity index is 340. The number of isocyanates is 1. The van der Waals surface area contributed by atoms with E-state index in [9.17, 15) is 9.18 Å². The quantitative estimate of drug-likeness (QED) is 0.485. The smallest absolute Gasteiger partial charge is 0.211 e. The molecular formula is C9H6FNO. The Hall–Kier alpha value is -1.73. The van der Waals surface area contributed by atoms with E-state index in [1.165, 1.54) is 30.5 Å². The monoisotopic (exact) mass is 163 g/mol. The molecule has 0 N–H and O–H groups in total. The molecule has 0 amide bonds. The van der Waals surface area contributed by atoms with Gasteiger partial charge < -0.3 is 0 Å². The van der Waals surface area contributed by atoms with Crippen LogP contribution in [0.4, 0.5) is 4.39 Å². The molecule has 1 aromatic carbocycles. The molecule has 0 bridgehead atoms. The van der Waals surface area contributed by atoms with Crippen molar-refractivity contribution in [1.29, 1.82) is 0 Å². The SMILES string of the molecule is O=C=NC=Cc1cccc(F)c1. The van der Waals surface area contributed by atoms with Crippen molar-refractivity contribution in [3.05, 3.63) is 41.8 Å². The van der Waals surface area contributed by atoms with Gasteiger partial charge in [0, 0.05) is 6.20 Å². The summed E-state index contributed by atoms with van der Waals surface area (Å²) in [5.41, 5.74) is 0.661. The molecule has 0 unspecified atom stereocenters. The van der Waals surface area contributed by atoms with Gasteiger partial charge in [0.1, 0.15) is 5.82 Å². The van der Waals surface area contributed by atoms with Gasteiger partial charge in [-0.25, -0.2) is 9.18 Å². The molecule has 0 aliphatic rings. The number of rotatable bonds is 2. The zero-order chi connectivity index (χ0) is 8.81. The minimum absolute atomic E-state index is 0.313. The van der Waals surface area contributed by atoms with Crippen LogP contribution in [0, 0.1) is 5.82 Å². The van der Waals surface area contributed by atoms with Gasteiger partial charge in [-0.2, -0.15) is 4.99 Å². The first-order valence-corrected chi connectivity index (χ1v) is 3.32. The second-order valence-electron chi connectivity index (χ2n) is 2.09. The summed E-state index contributed by atoms with van der Waals surface area (Å²) in [5, 5.41) is 0. The molecule has 0 saturated heterocycles. The van der Waals surface area contributed by atoms with Crippen molar-refractivity contribution in [2.75, 3.05) is 0 Å². The molecule has 0 spiro atoms. The van der Waals surface area contributed by atoms with Gasteiger partial charge in [-0.05, 0) is 23.8 Å². The average molecular weight is 163 g/mol. The second-order valence-corrected chi connectivity index (χ2v) is 2.09. The molecule has 0 aromatic heterocycles. The number of hydrogen-bond acceptors (Lipinski definition) is 2. The molecular weight excluding hydrogens is 157 g/mol. The summed E-state index contributed by atoms with van der Waals surface area (Å²) in [6.45, 7) is 0. The Morgan fingerprint density at radius 2 is 2.33 bits per heavy atom. The summed E-state index contributed by atoms with van der Waals surface area (Å²) < 4.78 is 12.5. The number of halogens is 1. The first-order chi connectivity index (χ1) is 5.83. The van der Waals surface area contributed by atoms with Gasteiger partial charge in [-0.1, -0.05) is 12.1 Å². The van der Waals surface area contributed by atoms with E-state index in [4.69, 9.17) is 0 Å².